The summed E-state index contributed by atoms with van der Waals surface area (Å²) in [5, 5.41) is 3.38. The van der Waals surface area contributed by atoms with Crippen LogP contribution in [0.5, 0.6) is 0 Å². The van der Waals surface area contributed by atoms with Gasteiger partial charge in [-0.2, -0.15) is 0 Å². The average Bonchev–Trinajstić information content (AvgIpc) is 2.81. The molecule has 11 heavy (non-hydrogen) atoms. The molecule has 1 aliphatic rings. The van der Waals surface area contributed by atoms with E-state index >= 15 is 0 Å². The molecule has 1 N–H and O–H groups in total. The zero-order valence-electron chi connectivity index (χ0n) is 6.98. The zero-order chi connectivity index (χ0) is 8.10. The fraction of sp³-hybridized carbons (Fsp3) is 1.00. The Morgan fingerprint density at radius 2 is 2.36 bits per heavy atom. The highest BCUT2D eigenvalue weighted by molar-refractivity contribution is 6.18. The highest BCUT2D eigenvalue weighted by Crippen LogP contribution is 2.27. The van der Waals surface area contributed by atoms with Gasteiger partial charge in [0.15, 0.2) is 0 Å². The highest BCUT2D eigenvalue weighted by Gasteiger charge is 2.21. The lowest BCUT2D eigenvalue weighted by molar-refractivity contribution is 0.173. The molecule has 2 nitrogen and oxygen atoms in total. The van der Waals surface area contributed by atoms with Crippen molar-refractivity contribution in [3.8, 4) is 0 Å². The van der Waals surface area contributed by atoms with Gasteiger partial charge in [-0.3, -0.25) is 0 Å². The van der Waals surface area contributed by atoms with E-state index in [4.69, 9.17) is 16.3 Å². The van der Waals surface area contributed by atoms with Crippen molar-refractivity contribution in [2.24, 2.45) is 5.92 Å². The number of methoxy groups -OCH3 is 1. The summed E-state index contributed by atoms with van der Waals surface area (Å²) in [6.45, 7) is 1.83. The fourth-order valence-corrected chi connectivity index (χ4v) is 1.21. The van der Waals surface area contributed by atoms with E-state index in [-0.39, 0.29) is 0 Å². The second-order valence-electron chi connectivity index (χ2n) is 3.16. The second-order valence-corrected chi connectivity index (χ2v) is 3.47. The number of rotatable bonds is 6. The van der Waals surface area contributed by atoms with Gasteiger partial charge >= 0.3 is 0 Å². The predicted octanol–water partition coefficient (Wildman–Crippen LogP) is 1.24. The summed E-state index contributed by atoms with van der Waals surface area (Å²) < 4.78 is 5.00. The minimum atomic E-state index is 0.335. The van der Waals surface area contributed by atoms with Crippen LogP contribution in [0.2, 0.25) is 0 Å². The Bertz CT molecular complexity index is 106. The van der Waals surface area contributed by atoms with Gasteiger partial charge in [0.05, 0.1) is 6.61 Å². The van der Waals surface area contributed by atoms with Crippen LogP contribution in [0.3, 0.4) is 0 Å². The predicted molar refractivity (Wildman–Crippen MR) is 47.1 cm³/mol. The Hall–Kier alpha value is 0.210. The lowest BCUT2D eigenvalue weighted by Gasteiger charge is -2.13. The number of hydrogen-bond acceptors (Lipinski definition) is 2. The van der Waals surface area contributed by atoms with Gasteiger partial charge in [-0.05, 0) is 25.3 Å². The van der Waals surface area contributed by atoms with E-state index in [2.05, 4.69) is 5.32 Å². The largest absolute Gasteiger partial charge is 0.383 e. The molecule has 1 saturated carbocycles. The maximum absolute atomic E-state index is 5.71. The molecule has 0 radical (unpaired) electrons. The topological polar surface area (TPSA) is 21.3 Å². The number of alkyl halides is 1. The van der Waals surface area contributed by atoms with Crippen molar-refractivity contribution in [3.63, 3.8) is 0 Å². The van der Waals surface area contributed by atoms with Crippen LogP contribution in [0, 0.1) is 5.92 Å². The van der Waals surface area contributed by atoms with Crippen LogP contribution in [0.1, 0.15) is 12.8 Å². The first-order valence-corrected chi connectivity index (χ1v) is 4.68. The van der Waals surface area contributed by atoms with Gasteiger partial charge in [0, 0.05) is 19.0 Å². The molecule has 0 bridgehead atoms. The van der Waals surface area contributed by atoms with Crippen LogP contribution in [-0.4, -0.2) is 32.2 Å². The van der Waals surface area contributed by atoms with Crippen molar-refractivity contribution in [2.75, 3.05) is 26.1 Å². The summed E-state index contributed by atoms with van der Waals surface area (Å²) in [5.74, 6) is 1.55. The molecule has 1 rings (SSSR count). The average molecular weight is 178 g/mol. The van der Waals surface area contributed by atoms with Crippen molar-refractivity contribution in [2.45, 2.75) is 18.9 Å². The van der Waals surface area contributed by atoms with Crippen molar-refractivity contribution in [1.29, 1.82) is 0 Å². The maximum Gasteiger partial charge on any atom is 0.0627 e. The standard InChI is InChI=1S/C8H16ClNO/c1-11-6-8(4-9)10-5-7-2-3-7/h7-8,10H,2-6H2,1H3. The summed E-state index contributed by atoms with van der Waals surface area (Å²) in [7, 11) is 1.71. The Morgan fingerprint density at radius 3 is 2.82 bits per heavy atom. The van der Waals surface area contributed by atoms with Crippen molar-refractivity contribution in [1.82, 2.24) is 5.32 Å². The maximum atomic E-state index is 5.71. The summed E-state index contributed by atoms with van der Waals surface area (Å²) in [5.41, 5.74) is 0. The summed E-state index contributed by atoms with van der Waals surface area (Å²) in [6.07, 6.45) is 2.77. The lowest BCUT2D eigenvalue weighted by atomic mass is 10.3. The van der Waals surface area contributed by atoms with E-state index < -0.39 is 0 Å². The Kier molecular flexibility index (Phi) is 4.20. The fourth-order valence-electron chi connectivity index (χ4n) is 1.01. The van der Waals surface area contributed by atoms with Gasteiger partial charge in [0.25, 0.3) is 0 Å². The smallest absolute Gasteiger partial charge is 0.0627 e. The molecule has 0 spiro atoms. The molecule has 0 aromatic carbocycles. The van der Waals surface area contributed by atoms with Crippen LogP contribution in [-0.2, 0) is 4.74 Å². The summed E-state index contributed by atoms with van der Waals surface area (Å²) in [6, 6.07) is 0.335. The van der Waals surface area contributed by atoms with Crippen LogP contribution < -0.4 is 5.32 Å². The second kappa shape index (κ2) is 4.96. The molecule has 0 aliphatic heterocycles. The first-order chi connectivity index (χ1) is 5.36. The summed E-state index contributed by atoms with van der Waals surface area (Å²) >= 11 is 5.71. The quantitative estimate of drug-likeness (QED) is 0.617. The third-order valence-electron chi connectivity index (χ3n) is 1.95. The number of halogens is 1. The Labute approximate surface area is 73.3 Å². The zero-order valence-corrected chi connectivity index (χ0v) is 7.73. The van der Waals surface area contributed by atoms with E-state index in [0.29, 0.717) is 11.9 Å². The SMILES string of the molecule is COCC(CCl)NCC1CC1. The molecule has 0 aromatic rings. The molecule has 0 heterocycles. The van der Waals surface area contributed by atoms with Gasteiger partial charge in [0.2, 0.25) is 0 Å². The van der Waals surface area contributed by atoms with Crippen LogP contribution in [0.4, 0.5) is 0 Å². The van der Waals surface area contributed by atoms with Crippen LogP contribution >= 0.6 is 11.6 Å². The Morgan fingerprint density at radius 1 is 1.64 bits per heavy atom. The summed E-state index contributed by atoms with van der Waals surface area (Å²) in [4.78, 5) is 0. The van der Waals surface area contributed by atoms with E-state index in [1.54, 1.807) is 7.11 Å². The van der Waals surface area contributed by atoms with E-state index in [0.717, 1.165) is 19.1 Å². The van der Waals surface area contributed by atoms with Gasteiger partial charge < -0.3 is 10.1 Å². The number of hydrogen-bond donors (Lipinski definition) is 1. The molecule has 1 aliphatic carbocycles. The van der Waals surface area contributed by atoms with Crippen molar-refractivity contribution >= 4 is 11.6 Å². The van der Waals surface area contributed by atoms with Crippen molar-refractivity contribution < 1.29 is 4.74 Å². The molecule has 1 unspecified atom stereocenters. The van der Waals surface area contributed by atoms with Crippen LogP contribution in [0.25, 0.3) is 0 Å². The van der Waals surface area contributed by atoms with Gasteiger partial charge in [-0.1, -0.05) is 0 Å². The number of ether oxygens (including phenoxy) is 1. The molecule has 3 heteroatoms. The van der Waals surface area contributed by atoms with Crippen LogP contribution in [0.15, 0.2) is 0 Å². The third-order valence-corrected chi connectivity index (χ3v) is 2.32. The molecular formula is C8H16ClNO. The van der Waals surface area contributed by atoms with Gasteiger partial charge in [-0.25, -0.2) is 0 Å². The van der Waals surface area contributed by atoms with Gasteiger partial charge in [0.1, 0.15) is 0 Å². The molecule has 0 saturated heterocycles. The minimum absolute atomic E-state index is 0.335. The normalized spacial score (nSPS) is 20.2. The van der Waals surface area contributed by atoms with E-state index in [1.807, 2.05) is 0 Å². The molecule has 0 aromatic heterocycles. The number of nitrogens with one attached hydrogen (secondary N) is 1. The van der Waals surface area contributed by atoms with E-state index in [9.17, 15) is 0 Å². The molecule has 1 fully saturated rings. The first kappa shape index (κ1) is 9.30. The molecule has 0 amide bonds. The molecule has 1 atom stereocenters. The monoisotopic (exact) mass is 177 g/mol. The lowest BCUT2D eigenvalue weighted by Crippen LogP contribution is -2.36. The molecule has 66 valence electrons. The van der Waals surface area contributed by atoms with Gasteiger partial charge in [-0.15, -0.1) is 11.6 Å². The first-order valence-electron chi connectivity index (χ1n) is 4.15. The highest BCUT2D eigenvalue weighted by atomic mass is 35.5. The third kappa shape index (κ3) is 3.94. The molecular weight excluding hydrogens is 162 g/mol. The Balaban J connectivity index is 1.98. The van der Waals surface area contributed by atoms with Crippen molar-refractivity contribution in [3.05, 3.63) is 0 Å². The van der Waals surface area contributed by atoms with E-state index in [1.165, 1.54) is 12.8 Å². The minimum Gasteiger partial charge on any atom is -0.383 e.